The van der Waals surface area contributed by atoms with E-state index in [0.29, 0.717) is 12.2 Å². The maximum absolute atomic E-state index is 11.9. The number of esters is 1. The fourth-order valence-corrected chi connectivity index (χ4v) is 2.74. The molecule has 0 atom stereocenters. The second-order valence-corrected chi connectivity index (χ2v) is 6.25. The number of hydrogen-bond acceptors (Lipinski definition) is 2. The van der Waals surface area contributed by atoms with Crippen molar-refractivity contribution >= 4 is 32.8 Å². The van der Waals surface area contributed by atoms with Gasteiger partial charge < -0.3 is 9.72 Å². The van der Waals surface area contributed by atoms with Crippen LogP contribution in [0.2, 0.25) is 0 Å². The largest absolute Gasteiger partial charge is 0.424 e. The molecule has 1 N–H and O–H groups in total. The molecule has 0 spiro atoms. The van der Waals surface area contributed by atoms with Crippen molar-refractivity contribution in [1.29, 1.82) is 0 Å². The summed E-state index contributed by atoms with van der Waals surface area (Å²) in [5, 5.41) is 0.939. The van der Waals surface area contributed by atoms with Gasteiger partial charge in [0.15, 0.2) is 5.75 Å². The molecule has 114 valence electrons. The van der Waals surface area contributed by atoms with Crippen LogP contribution in [0.4, 0.5) is 0 Å². The average Bonchev–Trinajstić information content (AvgIpc) is 2.85. The molecule has 2 rings (SSSR count). The Bertz CT molecular complexity index is 591. The number of rotatable bonds is 8. The van der Waals surface area contributed by atoms with Gasteiger partial charge in [-0.2, -0.15) is 0 Å². The van der Waals surface area contributed by atoms with Crippen molar-refractivity contribution in [1.82, 2.24) is 4.98 Å². The summed E-state index contributed by atoms with van der Waals surface area (Å²) in [5.41, 5.74) is 0.965. The van der Waals surface area contributed by atoms with Crippen molar-refractivity contribution in [3.8, 4) is 5.75 Å². The predicted molar refractivity (Wildman–Crippen MR) is 89.6 cm³/mol. The van der Waals surface area contributed by atoms with E-state index in [1.54, 1.807) is 6.20 Å². The van der Waals surface area contributed by atoms with Crippen molar-refractivity contribution < 1.29 is 9.53 Å². The quantitative estimate of drug-likeness (QED) is 0.497. The molecule has 0 saturated carbocycles. The first-order valence-electron chi connectivity index (χ1n) is 7.68. The molecule has 0 amide bonds. The van der Waals surface area contributed by atoms with Gasteiger partial charge in [0.1, 0.15) is 0 Å². The second-order valence-electron chi connectivity index (χ2n) is 5.33. The Balaban J connectivity index is 1.79. The van der Waals surface area contributed by atoms with Crippen LogP contribution in [0.1, 0.15) is 51.9 Å². The summed E-state index contributed by atoms with van der Waals surface area (Å²) in [6, 6.07) is 5.87. The molecule has 0 radical (unpaired) electrons. The molecule has 21 heavy (non-hydrogen) atoms. The number of ether oxygens (including phenoxy) is 1. The summed E-state index contributed by atoms with van der Waals surface area (Å²) in [4.78, 5) is 15.0. The van der Waals surface area contributed by atoms with E-state index < -0.39 is 0 Å². The third-order valence-electron chi connectivity index (χ3n) is 3.56. The number of H-pyrrole nitrogens is 1. The van der Waals surface area contributed by atoms with Gasteiger partial charge in [0.2, 0.25) is 0 Å². The summed E-state index contributed by atoms with van der Waals surface area (Å²) < 4.78 is 6.45. The van der Waals surface area contributed by atoms with Gasteiger partial charge in [-0.25, -0.2) is 0 Å². The lowest BCUT2D eigenvalue weighted by Gasteiger charge is -2.03. The van der Waals surface area contributed by atoms with Crippen molar-refractivity contribution in [2.45, 2.75) is 51.9 Å². The normalized spacial score (nSPS) is 11.0. The maximum Gasteiger partial charge on any atom is 0.311 e. The Morgan fingerprint density at radius 2 is 1.95 bits per heavy atom. The number of benzene rings is 1. The number of fused-ring (bicyclic) bond motifs is 1. The lowest BCUT2D eigenvalue weighted by molar-refractivity contribution is -0.134. The van der Waals surface area contributed by atoms with Crippen LogP contribution in [0.5, 0.6) is 5.75 Å². The molecule has 4 heteroatoms. The molecule has 0 aliphatic heterocycles. The number of nitrogens with one attached hydrogen (secondary N) is 1. The van der Waals surface area contributed by atoms with Crippen molar-refractivity contribution in [2.24, 2.45) is 0 Å². The highest BCUT2D eigenvalue weighted by atomic mass is 79.9. The number of aromatic nitrogens is 1. The number of halogens is 1. The minimum atomic E-state index is -0.144. The van der Waals surface area contributed by atoms with Gasteiger partial charge in [-0.05, 0) is 24.6 Å². The molecule has 0 fully saturated rings. The molecule has 1 heterocycles. The zero-order chi connectivity index (χ0) is 15.1. The van der Waals surface area contributed by atoms with Crippen LogP contribution in [-0.4, -0.2) is 11.0 Å². The highest BCUT2D eigenvalue weighted by Crippen LogP contribution is 2.28. The summed E-state index contributed by atoms with van der Waals surface area (Å²) >= 11 is 3.42. The number of unbranched alkanes of at least 4 members (excludes halogenated alkanes) is 5. The number of carbonyl (C=O) groups is 1. The van der Waals surface area contributed by atoms with Crippen LogP contribution in [0.3, 0.4) is 0 Å². The van der Waals surface area contributed by atoms with E-state index in [0.717, 1.165) is 28.2 Å². The molecule has 3 nitrogen and oxygen atoms in total. The highest BCUT2D eigenvalue weighted by molar-refractivity contribution is 9.10. The van der Waals surface area contributed by atoms with E-state index >= 15 is 0 Å². The molecule has 0 aliphatic carbocycles. The van der Waals surface area contributed by atoms with Crippen LogP contribution < -0.4 is 4.74 Å². The van der Waals surface area contributed by atoms with Gasteiger partial charge >= 0.3 is 5.97 Å². The Hall–Kier alpha value is -1.29. The molecule has 2 aromatic rings. The van der Waals surface area contributed by atoms with Crippen LogP contribution in [0.15, 0.2) is 28.9 Å². The number of aromatic amines is 1. The van der Waals surface area contributed by atoms with E-state index in [-0.39, 0.29) is 5.97 Å². The summed E-state index contributed by atoms with van der Waals surface area (Å²) in [6.07, 6.45) is 9.27. The highest BCUT2D eigenvalue weighted by Gasteiger charge is 2.10. The molecule has 1 aromatic carbocycles. The lowest BCUT2D eigenvalue weighted by atomic mass is 10.1. The molecular formula is C17H22BrNO2. The Labute approximate surface area is 134 Å². The molecule has 0 bridgehead atoms. The van der Waals surface area contributed by atoms with Gasteiger partial charge in [-0.1, -0.05) is 55.0 Å². The summed E-state index contributed by atoms with van der Waals surface area (Å²) in [7, 11) is 0. The molecule has 0 saturated heterocycles. The lowest BCUT2D eigenvalue weighted by Crippen LogP contribution is -2.07. The predicted octanol–water partition coefficient (Wildman–Crippen LogP) is 5.59. The van der Waals surface area contributed by atoms with E-state index in [1.807, 2.05) is 18.2 Å². The smallest absolute Gasteiger partial charge is 0.311 e. The molecule has 0 unspecified atom stereocenters. The summed E-state index contributed by atoms with van der Waals surface area (Å²) in [6.45, 7) is 2.21. The zero-order valence-electron chi connectivity index (χ0n) is 12.5. The molecule has 1 aromatic heterocycles. The summed E-state index contributed by atoms with van der Waals surface area (Å²) in [5.74, 6) is 0.475. The SMILES string of the molecule is CCCCCCCCC(=O)Oc1c[nH]c2cc(Br)ccc12. The Kier molecular flexibility index (Phi) is 6.30. The monoisotopic (exact) mass is 351 g/mol. The van der Waals surface area contributed by atoms with Gasteiger partial charge in [0.25, 0.3) is 0 Å². The average molecular weight is 352 g/mol. The first-order chi connectivity index (χ1) is 10.2. The number of carbonyl (C=O) groups excluding carboxylic acids is 1. The van der Waals surface area contributed by atoms with Crippen molar-refractivity contribution in [3.05, 3.63) is 28.9 Å². The first kappa shape index (κ1) is 16.1. The first-order valence-corrected chi connectivity index (χ1v) is 8.47. The maximum atomic E-state index is 11.9. The van der Waals surface area contributed by atoms with Crippen LogP contribution >= 0.6 is 15.9 Å². The van der Waals surface area contributed by atoms with Crippen LogP contribution in [0, 0.1) is 0 Å². The van der Waals surface area contributed by atoms with E-state index in [4.69, 9.17) is 4.74 Å². The van der Waals surface area contributed by atoms with E-state index in [1.165, 1.54) is 25.7 Å². The van der Waals surface area contributed by atoms with Crippen molar-refractivity contribution in [3.63, 3.8) is 0 Å². The molecular weight excluding hydrogens is 330 g/mol. The fraction of sp³-hybridized carbons (Fsp3) is 0.471. The van der Waals surface area contributed by atoms with Gasteiger partial charge in [-0.15, -0.1) is 0 Å². The fourth-order valence-electron chi connectivity index (χ4n) is 2.38. The van der Waals surface area contributed by atoms with Gasteiger partial charge in [-0.3, -0.25) is 4.79 Å². The zero-order valence-corrected chi connectivity index (χ0v) is 14.0. The van der Waals surface area contributed by atoms with Gasteiger partial charge in [0, 0.05) is 22.5 Å². The van der Waals surface area contributed by atoms with E-state index in [9.17, 15) is 4.79 Å². The third-order valence-corrected chi connectivity index (χ3v) is 4.06. The minimum absolute atomic E-state index is 0.144. The Morgan fingerprint density at radius 1 is 1.19 bits per heavy atom. The van der Waals surface area contributed by atoms with Gasteiger partial charge in [0.05, 0.1) is 5.52 Å². The Morgan fingerprint density at radius 3 is 2.76 bits per heavy atom. The van der Waals surface area contributed by atoms with Crippen LogP contribution in [-0.2, 0) is 4.79 Å². The standard InChI is InChI=1S/C17H22BrNO2/c1-2-3-4-5-6-7-8-17(20)21-16-12-19-15-11-13(18)9-10-14(15)16/h9-12,19H,2-8H2,1H3. The van der Waals surface area contributed by atoms with Crippen molar-refractivity contribution in [2.75, 3.05) is 0 Å². The topological polar surface area (TPSA) is 42.1 Å². The third kappa shape index (κ3) is 4.88. The number of hydrogen-bond donors (Lipinski definition) is 1. The van der Waals surface area contributed by atoms with Crippen LogP contribution in [0.25, 0.3) is 10.9 Å². The molecule has 0 aliphatic rings. The second kappa shape index (κ2) is 8.23. The van der Waals surface area contributed by atoms with E-state index in [2.05, 4.69) is 27.8 Å². The minimum Gasteiger partial charge on any atom is -0.424 e.